The molecule has 1 fully saturated rings. The Balaban J connectivity index is 2.26. The van der Waals surface area contributed by atoms with Gasteiger partial charge in [0, 0.05) is 32.7 Å². The minimum atomic E-state index is -0.149. The van der Waals surface area contributed by atoms with Crippen LogP contribution in [0.4, 0.5) is 0 Å². The number of esters is 1. The molecular weight excluding hydrogens is 238 g/mol. The van der Waals surface area contributed by atoms with E-state index in [2.05, 4.69) is 14.5 Å². The van der Waals surface area contributed by atoms with Crippen molar-refractivity contribution in [1.82, 2.24) is 9.80 Å². The monoisotopic (exact) mass is 259 g/mol. The Hall–Kier alpha value is -0.720. The molecule has 6 heteroatoms. The topological polar surface area (TPSA) is 58.8 Å². The maximum atomic E-state index is 11.0. The Labute approximate surface area is 108 Å². The number of thiocarbonyl (C=S) groups is 1. The Kier molecular flexibility index (Phi) is 5.80. The van der Waals surface area contributed by atoms with E-state index in [4.69, 9.17) is 18.0 Å². The molecule has 1 rings (SSSR count). The molecule has 0 aromatic rings. The molecule has 0 aromatic heterocycles. The van der Waals surface area contributed by atoms with Gasteiger partial charge in [0.15, 0.2) is 0 Å². The van der Waals surface area contributed by atoms with Crippen LogP contribution in [-0.2, 0) is 9.53 Å². The number of carbonyl (C=O) groups is 1. The molecule has 0 amide bonds. The number of carbonyl (C=O) groups excluding carboxylic acids is 1. The minimum absolute atomic E-state index is 0.149. The second-order valence-corrected chi connectivity index (χ2v) is 4.75. The van der Waals surface area contributed by atoms with Gasteiger partial charge in [-0.25, -0.2) is 0 Å². The molecule has 98 valence electrons. The lowest BCUT2D eigenvalue weighted by Gasteiger charge is -2.37. The third-order valence-electron chi connectivity index (χ3n) is 3.23. The van der Waals surface area contributed by atoms with Gasteiger partial charge in [-0.15, -0.1) is 0 Å². The number of methoxy groups -OCH3 is 1. The summed E-state index contributed by atoms with van der Waals surface area (Å²) in [4.78, 5) is 16.1. The van der Waals surface area contributed by atoms with Crippen molar-refractivity contribution in [3.8, 4) is 0 Å². The van der Waals surface area contributed by atoms with Crippen LogP contribution < -0.4 is 5.73 Å². The number of nitrogens with zero attached hydrogens (tertiary/aromatic N) is 2. The van der Waals surface area contributed by atoms with Gasteiger partial charge in [0.2, 0.25) is 0 Å². The first kappa shape index (κ1) is 14.3. The second kappa shape index (κ2) is 6.88. The van der Waals surface area contributed by atoms with Crippen LogP contribution in [0.3, 0.4) is 0 Å². The van der Waals surface area contributed by atoms with Crippen molar-refractivity contribution in [1.29, 1.82) is 0 Å². The van der Waals surface area contributed by atoms with E-state index in [-0.39, 0.29) is 12.0 Å². The van der Waals surface area contributed by atoms with Crippen molar-refractivity contribution in [2.75, 3.05) is 39.8 Å². The van der Waals surface area contributed by atoms with Crippen molar-refractivity contribution in [3.63, 3.8) is 0 Å². The predicted octanol–water partition coefficient (Wildman–Crippen LogP) is -0.158. The molecule has 0 spiro atoms. The summed E-state index contributed by atoms with van der Waals surface area (Å²) in [6.45, 7) is 6.58. The van der Waals surface area contributed by atoms with Crippen molar-refractivity contribution in [3.05, 3.63) is 0 Å². The lowest BCUT2D eigenvalue weighted by Crippen LogP contribution is -2.52. The summed E-state index contributed by atoms with van der Waals surface area (Å²) < 4.78 is 4.62. The zero-order chi connectivity index (χ0) is 12.8. The van der Waals surface area contributed by atoms with Crippen LogP contribution in [-0.4, -0.2) is 66.6 Å². The summed E-state index contributed by atoms with van der Waals surface area (Å²) in [7, 11) is 1.42. The van der Waals surface area contributed by atoms with E-state index in [0.717, 1.165) is 32.7 Å². The zero-order valence-electron chi connectivity index (χ0n) is 10.5. The normalized spacial score (nSPS) is 19.9. The molecule has 0 radical (unpaired) electrons. The molecule has 1 saturated heterocycles. The van der Waals surface area contributed by atoms with Crippen molar-refractivity contribution in [2.24, 2.45) is 5.73 Å². The number of rotatable bonds is 5. The first-order chi connectivity index (χ1) is 8.04. The van der Waals surface area contributed by atoms with Gasteiger partial charge >= 0.3 is 5.97 Å². The lowest BCUT2D eigenvalue weighted by molar-refractivity contribution is -0.141. The number of nitrogens with two attached hydrogens (primary N) is 1. The van der Waals surface area contributed by atoms with Gasteiger partial charge in [-0.3, -0.25) is 9.69 Å². The van der Waals surface area contributed by atoms with E-state index >= 15 is 0 Å². The zero-order valence-corrected chi connectivity index (χ0v) is 11.3. The van der Waals surface area contributed by atoms with E-state index in [9.17, 15) is 4.79 Å². The number of ether oxygens (including phenoxy) is 1. The van der Waals surface area contributed by atoms with Crippen LogP contribution in [0.5, 0.6) is 0 Å². The number of hydrogen-bond acceptors (Lipinski definition) is 5. The molecule has 2 N–H and O–H groups in total. The Morgan fingerprint density at radius 3 is 2.47 bits per heavy atom. The van der Waals surface area contributed by atoms with Gasteiger partial charge in [0.1, 0.15) is 0 Å². The van der Waals surface area contributed by atoms with Crippen LogP contribution in [0.25, 0.3) is 0 Å². The summed E-state index contributed by atoms with van der Waals surface area (Å²) in [6.07, 6.45) is 0.460. The van der Waals surface area contributed by atoms with E-state index in [1.54, 1.807) is 0 Å². The number of piperazine rings is 1. The fourth-order valence-corrected chi connectivity index (χ4v) is 2.05. The molecule has 0 saturated carbocycles. The van der Waals surface area contributed by atoms with E-state index in [1.165, 1.54) is 7.11 Å². The van der Waals surface area contributed by atoms with E-state index < -0.39 is 0 Å². The first-order valence-corrected chi connectivity index (χ1v) is 6.28. The van der Waals surface area contributed by atoms with Gasteiger partial charge in [0.05, 0.1) is 24.6 Å². The highest BCUT2D eigenvalue weighted by molar-refractivity contribution is 7.80. The molecule has 1 atom stereocenters. The minimum Gasteiger partial charge on any atom is -0.469 e. The highest BCUT2D eigenvalue weighted by atomic mass is 32.1. The molecule has 0 bridgehead atoms. The van der Waals surface area contributed by atoms with Gasteiger partial charge < -0.3 is 15.4 Å². The lowest BCUT2D eigenvalue weighted by atomic mass is 10.2. The Bertz CT molecular complexity index is 278. The molecule has 1 aliphatic heterocycles. The van der Waals surface area contributed by atoms with Crippen LogP contribution >= 0.6 is 12.2 Å². The molecular formula is C11H21N3O2S. The summed E-state index contributed by atoms with van der Waals surface area (Å²) in [6, 6.07) is 0.160. The molecule has 17 heavy (non-hydrogen) atoms. The predicted molar refractivity (Wildman–Crippen MR) is 70.9 cm³/mol. The number of hydrogen-bond donors (Lipinski definition) is 1. The SMILES string of the molecule is COC(=O)CCN1CCN(C(C)C(N)=S)CC1. The van der Waals surface area contributed by atoms with E-state index in [1.807, 2.05) is 6.92 Å². The van der Waals surface area contributed by atoms with Crippen LogP contribution in [0.2, 0.25) is 0 Å². The highest BCUT2D eigenvalue weighted by Crippen LogP contribution is 2.07. The van der Waals surface area contributed by atoms with Crippen molar-refractivity contribution in [2.45, 2.75) is 19.4 Å². The second-order valence-electron chi connectivity index (χ2n) is 4.28. The Morgan fingerprint density at radius 1 is 1.41 bits per heavy atom. The summed E-state index contributed by atoms with van der Waals surface area (Å²) >= 11 is 4.99. The van der Waals surface area contributed by atoms with E-state index in [0.29, 0.717) is 11.4 Å². The molecule has 1 heterocycles. The highest BCUT2D eigenvalue weighted by Gasteiger charge is 2.22. The Morgan fingerprint density at radius 2 is 2.00 bits per heavy atom. The average Bonchev–Trinajstić information content (AvgIpc) is 2.35. The molecule has 1 unspecified atom stereocenters. The summed E-state index contributed by atoms with van der Waals surface area (Å²) in [5, 5.41) is 0. The molecule has 0 aromatic carbocycles. The van der Waals surface area contributed by atoms with Gasteiger partial charge in [-0.05, 0) is 6.92 Å². The summed E-state index contributed by atoms with van der Waals surface area (Å²) in [5.74, 6) is -0.149. The fraction of sp³-hybridized carbons (Fsp3) is 0.818. The van der Waals surface area contributed by atoms with Crippen molar-refractivity contribution < 1.29 is 9.53 Å². The molecule has 0 aliphatic carbocycles. The third-order valence-corrected chi connectivity index (χ3v) is 3.57. The maximum Gasteiger partial charge on any atom is 0.306 e. The molecule has 1 aliphatic rings. The van der Waals surface area contributed by atoms with Crippen molar-refractivity contribution >= 4 is 23.2 Å². The first-order valence-electron chi connectivity index (χ1n) is 5.87. The fourth-order valence-electron chi connectivity index (χ4n) is 1.91. The van der Waals surface area contributed by atoms with Gasteiger partial charge in [-0.2, -0.15) is 0 Å². The maximum absolute atomic E-state index is 11.0. The standard InChI is InChI=1S/C11H21N3O2S/c1-9(11(12)17)14-7-5-13(6-8-14)4-3-10(15)16-2/h9H,3-8H2,1-2H3,(H2,12,17). The van der Waals surface area contributed by atoms with Crippen LogP contribution in [0.15, 0.2) is 0 Å². The van der Waals surface area contributed by atoms with Gasteiger partial charge in [-0.1, -0.05) is 12.2 Å². The van der Waals surface area contributed by atoms with Crippen LogP contribution in [0.1, 0.15) is 13.3 Å². The summed E-state index contributed by atoms with van der Waals surface area (Å²) in [5.41, 5.74) is 5.63. The largest absolute Gasteiger partial charge is 0.469 e. The third kappa shape index (κ3) is 4.57. The van der Waals surface area contributed by atoms with Gasteiger partial charge in [0.25, 0.3) is 0 Å². The average molecular weight is 259 g/mol. The smallest absolute Gasteiger partial charge is 0.306 e. The van der Waals surface area contributed by atoms with Crippen LogP contribution in [0, 0.1) is 0 Å². The molecule has 5 nitrogen and oxygen atoms in total. The quantitative estimate of drug-likeness (QED) is 0.547.